The molecule has 206 valence electrons. The second-order valence-electron chi connectivity index (χ2n) is 9.61. The lowest BCUT2D eigenvalue weighted by Crippen LogP contribution is -2.70. The van der Waals surface area contributed by atoms with Crippen molar-refractivity contribution >= 4 is 46.5 Å². The number of β-lactam (4-membered cyclic amide) rings is 1. The highest BCUT2D eigenvalue weighted by Crippen LogP contribution is 2.44. The third kappa shape index (κ3) is 5.48. The molecular formula is C31H25N3O5S2. The quantitative estimate of drug-likeness (QED) is 0.239. The minimum atomic E-state index is -0.777. The predicted molar refractivity (Wildman–Crippen MR) is 158 cm³/mol. The SMILES string of the molecule is O=C(Cc1ccccc1)NC1C(=O)N2C(C(=O)OC(c3ccccc3)c3ccccc3)=C(c3csc(=O)[nH]3)CS[C@H]12. The summed E-state index contributed by atoms with van der Waals surface area (Å²) >= 11 is 2.41. The predicted octanol–water partition coefficient (Wildman–Crippen LogP) is 4.12. The fraction of sp³-hybridized carbons (Fsp3) is 0.161. The minimum Gasteiger partial charge on any atom is -0.448 e. The summed E-state index contributed by atoms with van der Waals surface area (Å²) in [6.07, 6.45) is -0.574. The van der Waals surface area contributed by atoms with Crippen LogP contribution in [-0.4, -0.2) is 44.8 Å². The summed E-state index contributed by atoms with van der Waals surface area (Å²) < 4.78 is 6.14. The molecule has 1 unspecified atom stereocenters. The Balaban J connectivity index is 1.30. The molecule has 4 aromatic rings. The van der Waals surface area contributed by atoms with Crippen molar-refractivity contribution in [1.82, 2.24) is 15.2 Å². The smallest absolute Gasteiger partial charge is 0.356 e. The number of carbonyl (C=O) groups excluding carboxylic acids is 3. The van der Waals surface area contributed by atoms with Crippen molar-refractivity contribution in [2.45, 2.75) is 23.9 Å². The number of H-pyrrole nitrogens is 1. The van der Waals surface area contributed by atoms with Gasteiger partial charge >= 0.3 is 10.8 Å². The topological polar surface area (TPSA) is 109 Å². The molecule has 6 rings (SSSR count). The molecule has 10 heteroatoms. The van der Waals surface area contributed by atoms with E-state index >= 15 is 0 Å². The number of thiazole rings is 1. The lowest BCUT2D eigenvalue weighted by atomic mass is 10.00. The zero-order valence-corrected chi connectivity index (χ0v) is 23.3. The van der Waals surface area contributed by atoms with Crippen LogP contribution in [0.2, 0.25) is 0 Å². The number of nitrogens with one attached hydrogen (secondary N) is 2. The van der Waals surface area contributed by atoms with Crippen LogP contribution in [0.4, 0.5) is 0 Å². The Morgan fingerprint density at radius 1 is 0.927 bits per heavy atom. The standard InChI is InChI=1S/C31H25N3O5S2/c35-24(16-19-10-4-1-5-11-19)33-25-28(36)34-26(22(17-40-29(25)34)23-18-41-31(38)32-23)30(37)39-27(20-12-6-2-7-13-20)21-14-8-3-9-15-21/h1-15,18,25,27,29H,16-17H2,(H,32,38)(H,33,35)/t25?,29-/m1/s1. The van der Waals surface area contributed by atoms with Crippen LogP contribution in [0.1, 0.15) is 28.5 Å². The summed E-state index contributed by atoms with van der Waals surface area (Å²) in [4.78, 5) is 56.1. The second-order valence-corrected chi connectivity index (χ2v) is 11.6. The Morgan fingerprint density at radius 3 is 2.12 bits per heavy atom. The third-order valence-corrected chi connectivity index (χ3v) is 8.91. The molecule has 2 aliphatic rings. The molecule has 3 aromatic carbocycles. The fourth-order valence-corrected chi connectivity index (χ4v) is 6.96. The molecule has 2 N–H and O–H groups in total. The number of hydrogen-bond donors (Lipinski definition) is 2. The van der Waals surface area contributed by atoms with Gasteiger partial charge in [-0.2, -0.15) is 0 Å². The van der Waals surface area contributed by atoms with Crippen molar-refractivity contribution in [3.63, 3.8) is 0 Å². The van der Waals surface area contributed by atoms with Gasteiger partial charge in [0, 0.05) is 16.7 Å². The third-order valence-electron chi connectivity index (χ3n) is 6.96. The van der Waals surface area contributed by atoms with Crippen LogP contribution >= 0.6 is 23.1 Å². The van der Waals surface area contributed by atoms with E-state index < -0.39 is 29.4 Å². The highest BCUT2D eigenvalue weighted by atomic mass is 32.2. The molecule has 0 saturated carbocycles. The molecule has 2 atom stereocenters. The number of hydrogen-bond acceptors (Lipinski definition) is 7. The van der Waals surface area contributed by atoms with Crippen LogP contribution in [0.15, 0.2) is 107 Å². The molecule has 2 aliphatic heterocycles. The van der Waals surface area contributed by atoms with Crippen LogP contribution in [0.3, 0.4) is 0 Å². The van der Waals surface area contributed by atoms with Crippen molar-refractivity contribution in [2.75, 3.05) is 5.75 Å². The minimum absolute atomic E-state index is 0.0817. The lowest BCUT2D eigenvalue weighted by molar-refractivity contribution is -0.154. The Labute approximate surface area is 244 Å². The van der Waals surface area contributed by atoms with Crippen LogP contribution in [0.25, 0.3) is 5.57 Å². The molecule has 1 fully saturated rings. The van der Waals surface area contributed by atoms with E-state index in [1.165, 1.54) is 16.7 Å². The van der Waals surface area contributed by atoms with E-state index in [2.05, 4.69) is 10.3 Å². The van der Waals surface area contributed by atoms with Gasteiger partial charge in [-0.3, -0.25) is 19.3 Å². The summed E-state index contributed by atoms with van der Waals surface area (Å²) in [5.74, 6) is -1.01. The van der Waals surface area contributed by atoms with Crippen LogP contribution < -0.4 is 10.2 Å². The normalized spacial score (nSPS) is 18.1. The molecule has 2 amide bonds. The van der Waals surface area contributed by atoms with Gasteiger partial charge in [0.05, 0.1) is 12.1 Å². The molecule has 3 heterocycles. The average Bonchev–Trinajstić information content (AvgIpc) is 3.45. The van der Waals surface area contributed by atoms with E-state index in [0.29, 0.717) is 17.0 Å². The van der Waals surface area contributed by atoms with Gasteiger partial charge in [-0.05, 0) is 16.7 Å². The van der Waals surface area contributed by atoms with E-state index in [4.69, 9.17) is 4.74 Å². The molecule has 1 aromatic heterocycles. The van der Waals surface area contributed by atoms with Gasteiger partial charge in [0.25, 0.3) is 5.91 Å². The number of rotatable bonds is 8. The molecule has 41 heavy (non-hydrogen) atoms. The number of aromatic amines is 1. The Hall–Kier alpha value is -4.41. The van der Waals surface area contributed by atoms with E-state index in [1.807, 2.05) is 91.0 Å². The number of thioether (sulfide) groups is 1. The van der Waals surface area contributed by atoms with Crippen molar-refractivity contribution in [2.24, 2.45) is 0 Å². The summed E-state index contributed by atoms with van der Waals surface area (Å²) in [5, 5.41) is 4.00. The molecule has 8 nitrogen and oxygen atoms in total. The van der Waals surface area contributed by atoms with Crippen LogP contribution in [0.5, 0.6) is 0 Å². The van der Waals surface area contributed by atoms with E-state index in [9.17, 15) is 19.2 Å². The summed E-state index contributed by atoms with van der Waals surface area (Å²) in [6.45, 7) is 0. The van der Waals surface area contributed by atoms with Gasteiger partial charge < -0.3 is 15.0 Å². The monoisotopic (exact) mass is 583 g/mol. The number of ether oxygens (including phenoxy) is 1. The zero-order valence-electron chi connectivity index (χ0n) is 21.7. The Morgan fingerprint density at radius 2 is 1.54 bits per heavy atom. The number of fused-ring (bicyclic) bond motifs is 1. The maximum atomic E-state index is 14.0. The highest BCUT2D eigenvalue weighted by molar-refractivity contribution is 8.00. The summed E-state index contributed by atoms with van der Waals surface area (Å²) in [6, 6.07) is 27.3. The Bertz CT molecular complexity index is 1630. The van der Waals surface area contributed by atoms with Crippen molar-refractivity contribution in [3.8, 4) is 0 Å². The highest BCUT2D eigenvalue weighted by Gasteiger charge is 2.55. The van der Waals surface area contributed by atoms with Crippen molar-refractivity contribution in [1.29, 1.82) is 0 Å². The van der Waals surface area contributed by atoms with E-state index in [0.717, 1.165) is 28.0 Å². The van der Waals surface area contributed by atoms with Gasteiger partial charge in [0.15, 0.2) is 6.10 Å². The molecular weight excluding hydrogens is 558 g/mol. The number of carbonyl (C=O) groups is 3. The first kappa shape index (κ1) is 26.8. The number of aromatic nitrogens is 1. The lowest BCUT2D eigenvalue weighted by Gasteiger charge is -2.49. The van der Waals surface area contributed by atoms with Crippen molar-refractivity contribution < 1.29 is 19.1 Å². The van der Waals surface area contributed by atoms with Crippen LogP contribution in [-0.2, 0) is 25.5 Å². The van der Waals surface area contributed by atoms with Gasteiger partial charge in [-0.15, -0.1) is 11.8 Å². The van der Waals surface area contributed by atoms with Crippen molar-refractivity contribution in [3.05, 3.63) is 134 Å². The number of benzene rings is 3. The van der Waals surface area contributed by atoms with Gasteiger partial charge in [0.1, 0.15) is 17.1 Å². The largest absolute Gasteiger partial charge is 0.448 e. The Kier molecular flexibility index (Phi) is 7.58. The number of esters is 1. The fourth-order valence-electron chi connectivity index (χ4n) is 5.00. The van der Waals surface area contributed by atoms with E-state index in [1.54, 1.807) is 5.38 Å². The molecule has 0 aliphatic carbocycles. The number of amides is 2. The number of nitrogens with zero attached hydrogens (tertiary/aromatic N) is 1. The van der Waals surface area contributed by atoms with Crippen LogP contribution in [0, 0.1) is 0 Å². The molecule has 1 saturated heterocycles. The zero-order chi connectivity index (χ0) is 28.3. The maximum absolute atomic E-state index is 14.0. The molecule has 0 spiro atoms. The summed E-state index contributed by atoms with van der Waals surface area (Å²) in [7, 11) is 0. The first-order valence-electron chi connectivity index (χ1n) is 13.0. The van der Waals surface area contributed by atoms with Gasteiger partial charge in [-0.25, -0.2) is 4.79 Å². The van der Waals surface area contributed by atoms with Gasteiger partial charge in [0.2, 0.25) is 5.91 Å². The first-order valence-corrected chi connectivity index (χ1v) is 14.9. The van der Waals surface area contributed by atoms with Gasteiger partial charge in [-0.1, -0.05) is 102 Å². The average molecular weight is 584 g/mol. The second kappa shape index (κ2) is 11.6. The molecule has 0 bridgehead atoms. The summed E-state index contributed by atoms with van der Waals surface area (Å²) in [5.41, 5.74) is 3.46. The van der Waals surface area contributed by atoms with E-state index in [-0.39, 0.29) is 22.9 Å². The first-order chi connectivity index (χ1) is 20.0. The maximum Gasteiger partial charge on any atom is 0.356 e. The molecule has 0 radical (unpaired) electrons.